The van der Waals surface area contributed by atoms with E-state index >= 15 is 0 Å². The van der Waals surface area contributed by atoms with E-state index in [1.807, 2.05) is 0 Å². The lowest BCUT2D eigenvalue weighted by Gasteiger charge is -2.17. The van der Waals surface area contributed by atoms with Crippen LogP contribution in [0, 0.1) is 0 Å². The molecule has 1 aliphatic rings. The summed E-state index contributed by atoms with van der Waals surface area (Å²) < 4.78 is 4.73. The molecule has 1 aromatic heterocycles. The molecule has 15 heavy (non-hydrogen) atoms. The van der Waals surface area contributed by atoms with Crippen LogP contribution < -0.4 is 0 Å². The first kappa shape index (κ1) is 10.4. The van der Waals surface area contributed by atoms with Crippen molar-refractivity contribution in [3.05, 3.63) is 28.0 Å². The molecule has 0 bridgehead atoms. The van der Waals surface area contributed by atoms with E-state index in [1.165, 1.54) is 7.11 Å². The number of pyridine rings is 1. The fourth-order valence-electron chi connectivity index (χ4n) is 1.96. The fraction of sp³-hybridized carbons (Fsp3) is 0.455. The molecule has 1 aliphatic carbocycles. The van der Waals surface area contributed by atoms with Crippen LogP contribution in [0.2, 0.25) is 5.15 Å². The third kappa shape index (κ3) is 1.97. The number of fused-ring (bicyclic) bond motifs is 1. The summed E-state index contributed by atoms with van der Waals surface area (Å²) >= 11 is 5.86. The van der Waals surface area contributed by atoms with Crippen molar-refractivity contribution in [3.8, 4) is 0 Å². The Kier molecular flexibility index (Phi) is 2.91. The summed E-state index contributed by atoms with van der Waals surface area (Å²) in [6, 6.07) is 1.59. The number of hydrogen-bond acceptors (Lipinski definition) is 3. The number of halogens is 1. The zero-order valence-corrected chi connectivity index (χ0v) is 9.30. The second kappa shape index (κ2) is 4.19. The molecule has 4 heteroatoms. The summed E-state index contributed by atoms with van der Waals surface area (Å²) in [4.78, 5) is 15.8. The number of carbonyl (C=O) groups is 1. The number of hydrogen-bond donors (Lipinski definition) is 0. The van der Waals surface area contributed by atoms with Gasteiger partial charge in [-0.15, -0.1) is 0 Å². The normalized spacial score (nSPS) is 14.5. The summed E-state index contributed by atoms with van der Waals surface area (Å²) in [6.07, 6.45) is 4.01. The Morgan fingerprint density at radius 3 is 2.93 bits per heavy atom. The number of rotatable bonds is 1. The predicted molar refractivity (Wildman–Crippen MR) is 57.2 cm³/mol. The lowest BCUT2D eigenvalue weighted by Crippen LogP contribution is -2.13. The summed E-state index contributed by atoms with van der Waals surface area (Å²) in [7, 11) is 1.38. The molecule has 0 amide bonds. The quantitative estimate of drug-likeness (QED) is 0.544. The Morgan fingerprint density at radius 2 is 2.20 bits per heavy atom. The van der Waals surface area contributed by atoms with Crippen molar-refractivity contribution in [2.75, 3.05) is 7.11 Å². The third-order valence-electron chi connectivity index (χ3n) is 2.67. The van der Waals surface area contributed by atoms with E-state index in [0.717, 1.165) is 36.9 Å². The van der Waals surface area contributed by atoms with Gasteiger partial charge in [0, 0.05) is 5.69 Å². The zero-order valence-electron chi connectivity index (χ0n) is 8.55. The zero-order chi connectivity index (χ0) is 10.8. The van der Waals surface area contributed by atoms with Gasteiger partial charge in [-0.2, -0.15) is 0 Å². The van der Waals surface area contributed by atoms with Crippen molar-refractivity contribution in [3.63, 3.8) is 0 Å². The molecule has 0 saturated carbocycles. The van der Waals surface area contributed by atoms with E-state index in [-0.39, 0.29) is 5.97 Å². The van der Waals surface area contributed by atoms with Gasteiger partial charge in [-0.05, 0) is 37.3 Å². The maximum atomic E-state index is 11.5. The van der Waals surface area contributed by atoms with Crippen molar-refractivity contribution >= 4 is 17.6 Å². The number of methoxy groups -OCH3 is 1. The molecule has 0 N–H and O–H groups in total. The number of carbonyl (C=O) groups excluding carboxylic acids is 1. The number of ether oxygens (including phenoxy) is 1. The second-order valence-corrected chi connectivity index (χ2v) is 4.00. The summed E-state index contributed by atoms with van der Waals surface area (Å²) in [5, 5.41) is 0.371. The third-order valence-corrected chi connectivity index (χ3v) is 2.87. The molecule has 0 atom stereocenters. The molecular formula is C11H12ClNO2. The Bertz CT molecular complexity index is 404. The Hall–Kier alpha value is -1.09. The molecule has 1 heterocycles. The van der Waals surface area contributed by atoms with Crippen LogP contribution in [-0.2, 0) is 17.6 Å². The SMILES string of the molecule is COC(=O)c1cc(Cl)nc2c1CCCC2. The van der Waals surface area contributed by atoms with Crippen LogP contribution in [0.25, 0.3) is 0 Å². The van der Waals surface area contributed by atoms with E-state index in [9.17, 15) is 4.79 Å². The van der Waals surface area contributed by atoms with Gasteiger partial charge in [0.05, 0.1) is 12.7 Å². The summed E-state index contributed by atoms with van der Waals surface area (Å²) in [5.74, 6) is -0.322. The van der Waals surface area contributed by atoms with Gasteiger partial charge in [0.15, 0.2) is 0 Å². The van der Waals surface area contributed by atoms with Crippen LogP contribution in [0.4, 0.5) is 0 Å². The van der Waals surface area contributed by atoms with Gasteiger partial charge < -0.3 is 4.74 Å². The second-order valence-electron chi connectivity index (χ2n) is 3.62. The smallest absolute Gasteiger partial charge is 0.338 e. The van der Waals surface area contributed by atoms with E-state index < -0.39 is 0 Å². The van der Waals surface area contributed by atoms with Crippen molar-refractivity contribution in [2.24, 2.45) is 0 Å². The lowest BCUT2D eigenvalue weighted by atomic mass is 9.92. The Morgan fingerprint density at radius 1 is 1.47 bits per heavy atom. The largest absolute Gasteiger partial charge is 0.465 e. The van der Waals surface area contributed by atoms with Crippen LogP contribution in [0.3, 0.4) is 0 Å². The van der Waals surface area contributed by atoms with Crippen LogP contribution in [0.15, 0.2) is 6.07 Å². The van der Waals surface area contributed by atoms with E-state index in [4.69, 9.17) is 16.3 Å². The van der Waals surface area contributed by atoms with Gasteiger partial charge in [0.2, 0.25) is 0 Å². The minimum atomic E-state index is -0.322. The molecule has 0 radical (unpaired) electrons. The first-order valence-corrected chi connectivity index (χ1v) is 5.37. The molecule has 0 spiro atoms. The molecule has 0 fully saturated rings. The van der Waals surface area contributed by atoms with Crippen molar-refractivity contribution < 1.29 is 9.53 Å². The monoisotopic (exact) mass is 225 g/mol. The molecule has 2 rings (SSSR count). The summed E-state index contributed by atoms with van der Waals surface area (Å²) in [5.41, 5.74) is 2.54. The maximum absolute atomic E-state index is 11.5. The van der Waals surface area contributed by atoms with Crippen LogP contribution in [0.1, 0.15) is 34.5 Å². The van der Waals surface area contributed by atoms with Crippen LogP contribution in [-0.4, -0.2) is 18.1 Å². The van der Waals surface area contributed by atoms with Gasteiger partial charge >= 0.3 is 5.97 Å². The molecule has 0 saturated heterocycles. The van der Waals surface area contributed by atoms with Gasteiger partial charge in [-0.1, -0.05) is 11.6 Å². The highest BCUT2D eigenvalue weighted by Crippen LogP contribution is 2.25. The van der Waals surface area contributed by atoms with Crippen LogP contribution in [0.5, 0.6) is 0 Å². The molecule has 0 aliphatic heterocycles. The van der Waals surface area contributed by atoms with Crippen molar-refractivity contribution in [1.82, 2.24) is 4.98 Å². The molecule has 0 unspecified atom stereocenters. The Balaban J connectivity index is 2.52. The van der Waals surface area contributed by atoms with E-state index in [2.05, 4.69) is 4.98 Å². The minimum absolute atomic E-state index is 0.322. The number of esters is 1. The van der Waals surface area contributed by atoms with Crippen molar-refractivity contribution in [2.45, 2.75) is 25.7 Å². The highest BCUT2D eigenvalue weighted by atomic mass is 35.5. The van der Waals surface area contributed by atoms with E-state index in [1.54, 1.807) is 6.07 Å². The minimum Gasteiger partial charge on any atom is -0.465 e. The number of aromatic nitrogens is 1. The first-order chi connectivity index (χ1) is 7.22. The highest BCUT2D eigenvalue weighted by Gasteiger charge is 2.20. The molecule has 80 valence electrons. The fourth-order valence-corrected chi connectivity index (χ4v) is 2.17. The van der Waals surface area contributed by atoms with Gasteiger partial charge in [-0.25, -0.2) is 9.78 Å². The number of nitrogens with zero attached hydrogens (tertiary/aromatic N) is 1. The molecule has 3 nitrogen and oxygen atoms in total. The molecular weight excluding hydrogens is 214 g/mol. The van der Waals surface area contributed by atoms with Gasteiger partial charge in [0.1, 0.15) is 5.15 Å². The maximum Gasteiger partial charge on any atom is 0.338 e. The first-order valence-electron chi connectivity index (χ1n) is 4.99. The highest BCUT2D eigenvalue weighted by molar-refractivity contribution is 6.29. The number of aryl methyl sites for hydroxylation is 1. The average Bonchev–Trinajstić information content (AvgIpc) is 2.26. The molecule has 1 aromatic rings. The standard InChI is InChI=1S/C11H12ClNO2/c1-15-11(14)8-6-10(12)13-9-5-3-2-4-7(8)9/h6H,2-5H2,1H3. The predicted octanol–water partition coefficient (Wildman–Crippen LogP) is 2.40. The lowest BCUT2D eigenvalue weighted by molar-refractivity contribution is 0.0599. The Labute approximate surface area is 93.4 Å². The van der Waals surface area contributed by atoms with Gasteiger partial charge in [0.25, 0.3) is 0 Å². The average molecular weight is 226 g/mol. The molecule has 0 aromatic carbocycles. The van der Waals surface area contributed by atoms with Crippen LogP contribution >= 0.6 is 11.6 Å². The van der Waals surface area contributed by atoms with Crippen molar-refractivity contribution in [1.29, 1.82) is 0 Å². The topological polar surface area (TPSA) is 39.2 Å². The van der Waals surface area contributed by atoms with Gasteiger partial charge in [-0.3, -0.25) is 0 Å². The summed E-state index contributed by atoms with van der Waals surface area (Å²) in [6.45, 7) is 0. The van der Waals surface area contributed by atoms with E-state index in [0.29, 0.717) is 10.7 Å².